The highest BCUT2D eigenvalue weighted by Gasteiger charge is 2.16. The molecule has 2 aromatic rings. The number of hydrogen-bond acceptors (Lipinski definition) is 3. The van der Waals surface area contributed by atoms with Gasteiger partial charge < -0.3 is 9.52 Å². The predicted octanol–water partition coefficient (Wildman–Crippen LogP) is 4.60. The summed E-state index contributed by atoms with van der Waals surface area (Å²) in [7, 11) is 0. The Kier molecular flexibility index (Phi) is 5.89. The van der Waals surface area contributed by atoms with E-state index in [1.165, 1.54) is 0 Å². The number of aliphatic carboxylic acids is 1. The van der Waals surface area contributed by atoms with Gasteiger partial charge in [-0.2, -0.15) is 0 Å². The van der Waals surface area contributed by atoms with Gasteiger partial charge in [0, 0.05) is 5.56 Å². The zero-order valence-electron chi connectivity index (χ0n) is 12.1. The summed E-state index contributed by atoms with van der Waals surface area (Å²) in [6, 6.07) is 8.34. The van der Waals surface area contributed by atoms with Gasteiger partial charge in [0.05, 0.1) is 16.6 Å². The standard InChI is InChI=1S/C16H17Cl2NO3/c1-2-3-14(16(20)21)19-9-11-5-7-15(22-11)10-4-6-12(17)13(18)8-10/h4-8,14,19H,2-3,9H2,1H3,(H,20,21). The Morgan fingerprint density at radius 3 is 2.68 bits per heavy atom. The van der Waals surface area contributed by atoms with Crippen molar-refractivity contribution in [1.29, 1.82) is 0 Å². The molecule has 0 saturated carbocycles. The normalized spacial score (nSPS) is 12.3. The second-order valence-corrected chi connectivity index (χ2v) is 5.77. The first kappa shape index (κ1) is 16.9. The maximum absolute atomic E-state index is 11.1. The van der Waals surface area contributed by atoms with Gasteiger partial charge in [-0.1, -0.05) is 36.5 Å². The van der Waals surface area contributed by atoms with Crippen LogP contribution in [0.1, 0.15) is 25.5 Å². The van der Waals surface area contributed by atoms with Gasteiger partial charge in [0.25, 0.3) is 0 Å². The number of carbonyl (C=O) groups is 1. The van der Waals surface area contributed by atoms with Crippen molar-refractivity contribution in [2.24, 2.45) is 0 Å². The molecular weight excluding hydrogens is 325 g/mol. The Labute approximate surface area is 139 Å². The van der Waals surface area contributed by atoms with Gasteiger partial charge in [-0.05, 0) is 36.8 Å². The third-order valence-corrected chi connectivity index (χ3v) is 4.00. The van der Waals surface area contributed by atoms with Gasteiger partial charge in [-0.15, -0.1) is 0 Å². The van der Waals surface area contributed by atoms with Crippen molar-refractivity contribution in [2.75, 3.05) is 0 Å². The van der Waals surface area contributed by atoms with Crippen LogP contribution >= 0.6 is 23.2 Å². The number of carboxylic acid groups (broad SMARTS) is 1. The molecule has 0 aliphatic rings. The minimum absolute atomic E-state index is 0.359. The SMILES string of the molecule is CCCC(NCc1ccc(-c2ccc(Cl)c(Cl)c2)o1)C(=O)O. The molecule has 1 aromatic heterocycles. The maximum atomic E-state index is 11.1. The van der Waals surface area contributed by atoms with E-state index in [-0.39, 0.29) is 0 Å². The average molecular weight is 342 g/mol. The molecule has 0 bridgehead atoms. The van der Waals surface area contributed by atoms with Crippen molar-refractivity contribution in [3.05, 3.63) is 46.1 Å². The van der Waals surface area contributed by atoms with Crippen LogP contribution in [0.3, 0.4) is 0 Å². The zero-order chi connectivity index (χ0) is 16.1. The number of nitrogens with one attached hydrogen (secondary N) is 1. The molecule has 0 spiro atoms. The highest BCUT2D eigenvalue weighted by molar-refractivity contribution is 6.42. The number of furan rings is 1. The van der Waals surface area contributed by atoms with Gasteiger partial charge in [0.1, 0.15) is 17.6 Å². The Hall–Kier alpha value is -1.49. The number of hydrogen-bond donors (Lipinski definition) is 2. The van der Waals surface area contributed by atoms with E-state index in [0.717, 1.165) is 12.0 Å². The number of benzene rings is 1. The molecule has 2 N–H and O–H groups in total. The van der Waals surface area contributed by atoms with Crippen LogP contribution in [-0.4, -0.2) is 17.1 Å². The van der Waals surface area contributed by atoms with E-state index >= 15 is 0 Å². The smallest absolute Gasteiger partial charge is 0.320 e. The molecule has 0 saturated heterocycles. The summed E-state index contributed by atoms with van der Waals surface area (Å²) in [5, 5.41) is 13.0. The first-order valence-corrected chi connectivity index (χ1v) is 7.77. The van der Waals surface area contributed by atoms with E-state index < -0.39 is 12.0 Å². The second-order valence-electron chi connectivity index (χ2n) is 4.96. The highest BCUT2D eigenvalue weighted by Crippen LogP contribution is 2.29. The lowest BCUT2D eigenvalue weighted by molar-refractivity contribution is -0.139. The Balaban J connectivity index is 2.05. The quantitative estimate of drug-likeness (QED) is 0.772. The van der Waals surface area contributed by atoms with Crippen molar-refractivity contribution >= 4 is 29.2 Å². The van der Waals surface area contributed by atoms with Gasteiger partial charge in [-0.3, -0.25) is 10.1 Å². The lowest BCUT2D eigenvalue weighted by Gasteiger charge is -2.11. The van der Waals surface area contributed by atoms with Crippen LogP contribution in [0.25, 0.3) is 11.3 Å². The number of halogens is 2. The van der Waals surface area contributed by atoms with E-state index in [9.17, 15) is 4.79 Å². The molecule has 0 amide bonds. The molecule has 4 nitrogen and oxygen atoms in total. The van der Waals surface area contributed by atoms with Crippen LogP contribution in [0.15, 0.2) is 34.7 Å². The topological polar surface area (TPSA) is 62.5 Å². The summed E-state index contributed by atoms with van der Waals surface area (Å²) in [5.74, 6) is 0.485. The van der Waals surface area contributed by atoms with Gasteiger partial charge in [0.2, 0.25) is 0 Å². The van der Waals surface area contributed by atoms with E-state index in [0.29, 0.717) is 34.5 Å². The summed E-state index contributed by atoms with van der Waals surface area (Å²) < 4.78 is 5.72. The van der Waals surface area contributed by atoms with Crippen molar-refractivity contribution in [2.45, 2.75) is 32.4 Å². The summed E-state index contributed by atoms with van der Waals surface area (Å²) >= 11 is 11.9. The molecule has 1 atom stereocenters. The first-order chi connectivity index (χ1) is 10.5. The minimum Gasteiger partial charge on any atom is -0.480 e. The second kappa shape index (κ2) is 7.68. The molecule has 0 aliphatic heterocycles. The molecule has 22 heavy (non-hydrogen) atoms. The zero-order valence-corrected chi connectivity index (χ0v) is 13.6. The molecule has 0 radical (unpaired) electrons. The summed E-state index contributed by atoms with van der Waals surface area (Å²) in [6.07, 6.45) is 1.38. The van der Waals surface area contributed by atoms with Crippen LogP contribution in [0.5, 0.6) is 0 Å². The van der Waals surface area contributed by atoms with Crippen molar-refractivity contribution in [3.8, 4) is 11.3 Å². The molecule has 1 heterocycles. The largest absolute Gasteiger partial charge is 0.480 e. The van der Waals surface area contributed by atoms with Gasteiger partial charge in [0.15, 0.2) is 0 Å². The lowest BCUT2D eigenvalue weighted by atomic mass is 10.1. The molecule has 1 aromatic carbocycles. The van der Waals surface area contributed by atoms with E-state index in [2.05, 4.69) is 5.32 Å². The fourth-order valence-electron chi connectivity index (χ4n) is 2.10. The van der Waals surface area contributed by atoms with E-state index in [1.54, 1.807) is 12.1 Å². The van der Waals surface area contributed by atoms with E-state index in [4.69, 9.17) is 32.7 Å². The molecule has 2 rings (SSSR count). The van der Waals surface area contributed by atoms with Crippen molar-refractivity contribution < 1.29 is 14.3 Å². The fourth-order valence-corrected chi connectivity index (χ4v) is 2.40. The molecule has 0 fully saturated rings. The van der Waals surface area contributed by atoms with Crippen LogP contribution in [0, 0.1) is 0 Å². The monoisotopic (exact) mass is 341 g/mol. The summed E-state index contributed by atoms with van der Waals surface area (Å²) in [5.41, 5.74) is 0.823. The molecule has 118 valence electrons. The fraction of sp³-hybridized carbons (Fsp3) is 0.312. The molecule has 0 aliphatic carbocycles. The summed E-state index contributed by atoms with van der Waals surface area (Å²) in [4.78, 5) is 11.1. The van der Waals surface area contributed by atoms with Crippen LogP contribution in [-0.2, 0) is 11.3 Å². The maximum Gasteiger partial charge on any atom is 0.320 e. The molecular formula is C16H17Cl2NO3. The van der Waals surface area contributed by atoms with E-state index in [1.807, 2.05) is 25.1 Å². The van der Waals surface area contributed by atoms with Crippen LogP contribution < -0.4 is 5.32 Å². The lowest BCUT2D eigenvalue weighted by Crippen LogP contribution is -2.35. The Morgan fingerprint density at radius 1 is 1.27 bits per heavy atom. The van der Waals surface area contributed by atoms with Crippen LogP contribution in [0.4, 0.5) is 0 Å². The average Bonchev–Trinajstić information content (AvgIpc) is 2.95. The van der Waals surface area contributed by atoms with Crippen LogP contribution in [0.2, 0.25) is 10.0 Å². The molecule has 1 unspecified atom stereocenters. The van der Waals surface area contributed by atoms with Gasteiger partial charge >= 0.3 is 5.97 Å². The Bertz CT molecular complexity index is 655. The number of carboxylic acids is 1. The van der Waals surface area contributed by atoms with Gasteiger partial charge in [-0.25, -0.2) is 0 Å². The predicted molar refractivity (Wildman–Crippen MR) is 87.3 cm³/mol. The third-order valence-electron chi connectivity index (χ3n) is 3.26. The Morgan fingerprint density at radius 2 is 2.05 bits per heavy atom. The first-order valence-electron chi connectivity index (χ1n) is 7.01. The van der Waals surface area contributed by atoms with Crippen molar-refractivity contribution in [1.82, 2.24) is 5.32 Å². The highest BCUT2D eigenvalue weighted by atomic mass is 35.5. The summed E-state index contributed by atoms with van der Waals surface area (Å²) in [6.45, 7) is 2.31. The number of rotatable bonds is 7. The minimum atomic E-state index is -0.849. The molecule has 6 heteroatoms. The third kappa shape index (κ3) is 4.26. The van der Waals surface area contributed by atoms with Crippen molar-refractivity contribution in [3.63, 3.8) is 0 Å².